The number of hydrogen-bond acceptors (Lipinski definition) is 2. The van der Waals surface area contributed by atoms with Crippen LogP contribution in [0.5, 0.6) is 0 Å². The predicted octanol–water partition coefficient (Wildman–Crippen LogP) is 3.89. The van der Waals surface area contributed by atoms with E-state index in [0.717, 1.165) is 22.3 Å². The molecule has 0 aliphatic heterocycles. The predicted molar refractivity (Wildman–Crippen MR) is 68.9 cm³/mol. The second-order valence-electron chi connectivity index (χ2n) is 3.91. The molecule has 0 aliphatic carbocycles. The Morgan fingerprint density at radius 2 is 1.88 bits per heavy atom. The molecule has 0 aliphatic rings. The Hall–Kier alpha value is -1.85. The Bertz CT molecular complexity index is 612. The number of benzene rings is 1. The zero-order valence-electron chi connectivity index (χ0n) is 9.66. The van der Waals surface area contributed by atoms with Crippen LogP contribution in [0.25, 0.3) is 11.1 Å². The summed E-state index contributed by atoms with van der Waals surface area (Å²) in [6, 6.07) is 10.1. The molecular formula is C14H11ClN2. The van der Waals surface area contributed by atoms with Crippen LogP contribution in [-0.4, -0.2) is 4.98 Å². The summed E-state index contributed by atoms with van der Waals surface area (Å²) in [5, 5.41) is 9.46. The second-order valence-corrected chi connectivity index (χ2v) is 4.27. The van der Waals surface area contributed by atoms with Crippen molar-refractivity contribution in [3.05, 3.63) is 52.3 Å². The maximum absolute atomic E-state index is 9.20. The number of aryl methyl sites for hydroxylation is 2. The molecule has 3 heteroatoms. The molecule has 0 N–H and O–H groups in total. The van der Waals surface area contributed by atoms with Gasteiger partial charge in [-0.25, -0.2) is 4.98 Å². The standard InChI is InChI=1S/C14H11ClN2/c1-9-5-3-4-6-11(9)13-10(2)8-17-14(15)12(13)7-16/h3-6,8H,1-2H3. The molecule has 0 bridgehead atoms. The number of nitrogens with zero attached hydrogens (tertiary/aromatic N) is 2. The van der Waals surface area contributed by atoms with E-state index >= 15 is 0 Å². The van der Waals surface area contributed by atoms with Gasteiger partial charge in [0.05, 0.1) is 5.56 Å². The normalized spacial score (nSPS) is 10.0. The van der Waals surface area contributed by atoms with E-state index in [-0.39, 0.29) is 5.15 Å². The van der Waals surface area contributed by atoms with Crippen LogP contribution in [0.4, 0.5) is 0 Å². The molecule has 0 unspecified atom stereocenters. The molecule has 17 heavy (non-hydrogen) atoms. The maximum atomic E-state index is 9.20. The van der Waals surface area contributed by atoms with Crippen LogP contribution >= 0.6 is 11.6 Å². The van der Waals surface area contributed by atoms with Gasteiger partial charge in [0.25, 0.3) is 0 Å². The van der Waals surface area contributed by atoms with Gasteiger partial charge in [0.1, 0.15) is 11.2 Å². The summed E-state index contributed by atoms with van der Waals surface area (Å²) in [4.78, 5) is 4.01. The Labute approximate surface area is 105 Å². The Morgan fingerprint density at radius 3 is 2.53 bits per heavy atom. The van der Waals surface area contributed by atoms with Crippen molar-refractivity contribution in [2.45, 2.75) is 13.8 Å². The highest BCUT2D eigenvalue weighted by Crippen LogP contribution is 2.32. The first-order valence-corrected chi connectivity index (χ1v) is 5.64. The first kappa shape index (κ1) is 11.6. The van der Waals surface area contributed by atoms with Gasteiger partial charge in [0, 0.05) is 11.8 Å². The van der Waals surface area contributed by atoms with E-state index in [1.165, 1.54) is 0 Å². The lowest BCUT2D eigenvalue weighted by molar-refractivity contribution is 1.24. The molecule has 0 saturated carbocycles. The fourth-order valence-electron chi connectivity index (χ4n) is 1.89. The summed E-state index contributed by atoms with van der Waals surface area (Å²) in [5.41, 5.74) is 4.44. The Kier molecular flexibility index (Phi) is 3.12. The minimum absolute atomic E-state index is 0.261. The van der Waals surface area contributed by atoms with Gasteiger partial charge >= 0.3 is 0 Å². The van der Waals surface area contributed by atoms with E-state index in [9.17, 15) is 5.26 Å². The molecule has 1 heterocycles. The molecule has 0 radical (unpaired) electrons. The van der Waals surface area contributed by atoms with Crippen molar-refractivity contribution in [3.63, 3.8) is 0 Å². The molecule has 0 amide bonds. The molecule has 1 aromatic carbocycles. The third kappa shape index (κ3) is 2.02. The lowest BCUT2D eigenvalue weighted by Gasteiger charge is -2.11. The second kappa shape index (κ2) is 4.57. The van der Waals surface area contributed by atoms with Crippen LogP contribution in [-0.2, 0) is 0 Å². The van der Waals surface area contributed by atoms with Crippen LogP contribution < -0.4 is 0 Å². The van der Waals surface area contributed by atoms with Crippen molar-refractivity contribution in [2.75, 3.05) is 0 Å². The molecule has 2 aromatic rings. The highest BCUT2D eigenvalue weighted by atomic mass is 35.5. The van der Waals surface area contributed by atoms with Crippen molar-refractivity contribution in [1.82, 2.24) is 4.98 Å². The van der Waals surface area contributed by atoms with Gasteiger partial charge in [-0.3, -0.25) is 0 Å². The van der Waals surface area contributed by atoms with Gasteiger partial charge < -0.3 is 0 Å². The van der Waals surface area contributed by atoms with Gasteiger partial charge in [-0.2, -0.15) is 5.26 Å². The molecule has 0 atom stereocenters. The molecular weight excluding hydrogens is 232 g/mol. The van der Waals surface area contributed by atoms with E-state index in [0.29, 0.717) is 5.56 Å². The Morgan fingerprint density at radius 1 is 1.18 bits per heavy atom. The smallest absolute Gasteiger partial charge is 0.147 e. The third-order valence-electron chi connectivity index (χ3n) is 2.75. The van der Waals surface area contributed by atoms with Gasteiger partial charge in [-0.1, -0.05) is 35.9 Å². The van der Waals surface area contributed by atoms with Crippen LogP contribution in [0.3, 0.4) is 0 Å². The zero-order chi connectivity index (χ0) is 12.4. The molecule has 2 rings (SSSR count). The van der Waals surface area contributed by atoms with Crippen LogP contribution in [0.2, 0.25) is 5.15 Å². The lowest BCUT2D eigenvalue weighted by Crippen LogP contribution is -1.94. The topological polar surface area (TPSA) is 36.7 Å². The van der Waals surface area contributed by atoms with E-state index in [1.807, 2.05) is 38.1 Å². The largest absolute Gasteiger partial charge is 0.243 e. The molecule has 2 nitrogen and oxygen atoms in total. The maximum Gasteiger partial charge on any atom is 0.147 e. The summed E-state index contributed by atoms with van der Waals surface area (Å²) in [7, 11) is 0. The lowest BCUT2D eigenvalue weighted by atomic mass is 9.94. The van der Waals surface area contributed by atoms with Gasteiger partial charge in [-0.15, -0.1) is 0 Å². The van der Waals surface area contributed by atoms with E-state index < -0.39 is 0 Å². The SMILES string of the molecule is Cc1ccccc1-c1c(C)cnc(Cl)c1C#N. The summed E-state index contributed by atoms with van der Waals surface area (Å²) in [6.45, 7) is 3.95. The monoisotopic (exact) mass is 242 g/mol. The van der Waals surface area contributed by atoms with Crippen LogP contribution in [0.15, 0.2) is 30.5 Å². The van der Waals surface area contributed by atoms with Crippen molar-refractivity contribution >= 4 is 11.6 Å². The first-order chi connectivity index (χ1) is 8.15. The number of rotatable bonds is 1. The van der Waals surface area contributed by atoms with E-state index in [1.54, 1.807) is 6.20 Å². The van der Waals surface area contributed by atoms with Crippen LogP contribution in [0, 0.1) is 25.2 Å². The number of nitriles is 1. The van der Waals surface area contributed by atoms with Crippen molar-refractivity contribution < 1.29 is 0 Å². The summed E-state index contributed by atoms with van der Waals surface area (Å²) in [5.74, 6) is 0. The summed E-state index contributed by atoms with van der Waals surface area (Å²) >= 11 is 5.97. The highest BCUT2D eigenvalue weighted by molar-refractivity contribution is 6.31. The fraction of sp³-hybridized carbons (Fsp3) is 0.143. The molecule has 1 aromatic heterocycles. The number of hydrogen-bond donors (Lipinski definition) is 0. The van der Waals surface area contributed by atoms with E-state index in [2.05, 4.69) is 11.1 Å². The van der Waals surface area contributed by atoms with Crippen molar-refractivity contribution in [2.24, 2.45) is 0 Å². The Balaban J connectivity index is 2.81. The first-order valence-electron chi connectivity index (χ1n) is 5.26. The fourth-order valence-corrected chi connectivity index (χ4v) is 2.07. The van der Waals surface area contributed by atoms with Crippen LogP contribution in [0.1, 0.15) is 16.7 Å². The quantitative estimate of drug-likeness (QED) is 0.712. The third-order valence-corrected chi connectivity index (χ3v) is 3.03. The number of aromatic nitrogens is 1. The van der Waals surface area contributed by atoms with Crippen molar-refractivity contribution in [1.29, 1.82) is 5.26 Å². The summed E-state index contributed by atoms with van der Waals surface area (Å²) < 4.78 is 0. The van der Waals surface area contributed by atoms with Gasteiger partial charge in [0.2, 0.25) is 0 Å². The number of halogens is 1. The van der Waals surface area contributed by atoms with Crippen molar-refractivity contribution in [3.8, 4) is 17.2 Å². The zero-order valence-corrected chi connectivity index (χ0v) is 10.4. The highest BCUT2D eigenvalue weighted by Gasteiger charge is 2.14. The average molecular weight is 243 g/mol. The molecule has 0 saturated heterocycles. The van der Waals surface area contributed by atoms with E-state index in [4.69, 9.17) is 11.6 Å². The average Bonchev–Trinajstić information content (AvgIpc) is 2.33. The molecule has 0 spiro atoms. The minimum Gasteiger partial charge on any atom is -0.243 e. The minimum atomic E-state index is 0.261. The molecule has 0 fully saturated rings. The van der Waals surface area contributed by atoms with Gasteiger partial charge in [-0.05, 0) is 30.5 Å². The summed E-state index contributed by atoms with van der Waals surface area (Å²) in [6.07, 6.45) is 1.70. The number of pyridine rings is 1. The van der Waals surface area contributed by atoms with Gasteiger partial charge in [0.15, 0.2) is 0 Å². The molecule has 84 valence electrons.